The maximum atomic E-state index is 14.9. The number of ether oxygens (including phenoxy) is 1. The van der Waals surface area contributed by atoms with Crippen molar-refractivity contribution in [2.24, 2.45) is 4.99 Å². The van der Waals surface area contributed by atoms with Gasteiger partial charge in [-0.25, -0.2) is 14.4 Å². The van der Waals surface area contributed by atoms with E-state index < -0.39 is 11.9 Å². The molecule has 3 aromatic rings. The zero-order chi connectivity index (χ0) is 23.5. The van der Waals surface area contributed by atoms with Gasteiger partial charge in [0.15, 0.2) is 17.8 Å². The highest BCUT2D eigenvalue weighted by Gasteiger charge is 2.30. The number of fused-ring (bicyclic) bond motifs is 1. The summed E-state index contributed by atoms with van der Waals surface area (Å²) in [4.78, 5) is 8.57. The minimum Gasteiger partial charge on any atom is -0.486 e. The molecule has 0 aliphatic carbocycles. The van der Waals surface area contributed by atoms with Gasteiger partial charge in [0.25, 0.3) is 0 Å². The quantitative estimate of drug-likeness (QED) is 0.339. The first-order valence-corrected chi connectivity index (χ1v) is 9.95. The lowest BCUT2D eigenvalue weighted by atomic mass is 9.95. The van der Waals surface area contributed by atoms with Crippen molar-refractivity contribution in [2.45, 2.75) is 12.6 Å². The average Bonchev–Trinajstić information content (AvgIpc) is 2.79. The second-order valence-corrected chi connectivity index (χ2v) is 7.38. The third kappa shape index (κ3) is 4.15. The predicted molar refractivity (Wildman–Crippen MR) is 122 cm³/mol. The van der Waals surface area contributed by atoms with E-state index in [0.717, 1.165) is 0 Å². The van der Waals surface area contributed by atoms with E-state index in [1.807, 2.05) is 12.1 Å². The number of pyridine rings is 1. The Kier molecular flexibility index (Phi) is 5.85. The van der Waals surface area contributed by atoms with Gasteiger partial charge in [-0.05, 0) is 23.8 Å². The Morgan fingerprint density at radius 1 is 1.21 bits per heavy atom. The molecule has 1 aliphatic rings. The fourth-order valence-corrected chi connectivity index (χ4v) is 3.59. The number of benzene rings is 2. The van der Waals surface area contributed by atoms with Gasteiger partial charge in [-0.1, -0.05) is 35.9 Å². The van der Waals surface area contributed by atoms with Crippen molar-refractivity contribution in [2.75, 3.05) is 16.8 Å². The van der Waals surface area contributed by atoms with Gasteiger partial charge in [0.2, 0.25) is 5.96 Å². The Hall–Kier alpha value is -4.54. The molecule has 2 heterocycles. The number of aromatic nitrogens is 1. The second kappa shape index (κ2) is 8.91. The summed E-state index contributed by atoms with van der Waals surface area (Å²) in [5, 5.41) is 24.1. The van der Waals surface area contributed by atoms with Gasteiger partial charge in [0.05, 0.1) is 5.69 Å². The summed E-state index contributed by atoms with van der Waals surface area (Å²) in [6, 6.07) is 12.5. The molecule has 0 saturated heterocycles. The molecule has 9 nitrogen and oxygen atoms in total. The van der Waals surface area contributed by atoms with E-state index in [0.29, 0.717) is 21.7 Å². The summed E-state index contributed by atoms with van der Waals surface area (Å²) >= 11 is 6.12. The fraction of sp³-hybridized carbons (Fsp3) is 0.0909. The van der Waals surface area contributed by atoms with E-state index in [-0.39, 0.29) is 41.2 Å². The van der Waals surface area contributed by atoms with Crippen molar-refractivity contribution >= 4 is 34.9 Å². The van der Waals surface area contributed by atoms with Crippen LogP contribution in [0.1, 0.15) is 28.3 Å². The number of anilines is 3. The van der Waals surface area contributed by atoms with Gasteiger partial charge in [0, 0.05) is 16.1 Å². The van der Waals surface area contributed by atoms with Crippen LogP contribution >= 0.6 is 11.6 Å². The Bertz CT molecular complexity index is 1360. The van der Waals surface area contributed by atoms with Crippen LogP contribution in [0.3, 0.4) is 0 Å². The number of nitrogens with one attached hydrogen (secondary N) is 2. The molecule has 0 spiro atoms. The number of rotatable bonds is 4. The van der Waals surface area contributed by atoms with Gasteiger partial charge in [0.1, 0.15) is 35.9 Å². The van der Waals surface area contributed by atoms with E-state index in [2.05, 4.69) is 20.6 Å². The first-order chi connectivity index (χ1) is 15.9. The van der Waals surface area contributed by atoms with Crippen LogP contribution in [0.4, 0.5) is 21.7 Å². The lowest BCUT2D eigenvalue weighted by Crippen LogP contribution is -2.32. The van der Waals surface area contributed by atoms with Crippen LogP contribution in [-0.4, -0.2) is 10.9 Å². The summed E-state index contributed by atoms with van der Waals surface area (Å²) in [7, 11) is 0. The second-order valence-electron chi connectivity index (χ2n) is 6.97. The predicted octanol–water partition coefficient (Wildman–Crippen LogP) is 3.43. The molecule has 4 rings (SSSR count). The number of nitrogens with zero attached hydrogens (tertiary/aromatic N) is 4. The number of nitriles is 2. The first-order valence-electron chi connectivity index (χ1n) is 9.57. The molecular formula is C22H16ClFN8O. The Morgan fingerprint density at radius 2 is 2.00 bits per heavy atom. The molecular weight excluding hydrogens is 447 g/mol. The zero-order valence-electron chi connectivity index (χ0n) is 16.9. The van der Waals surface area contributed by atoms with E-state index in [1.165, 1.54) is 12.1 Å². The Balaban J connectivity index is 1.71. The maximum Gasteiger partial charge on any atom is 0.211 e. The minimum absolute atomic E-state index is 0.00684. The highest BCUT2D eigenvalue weighted by atomic mass is 35.5. The average molecular weight is 463 g/mol. The van der Waals surface area contributed by atoms with Crippen LogP contribution < -0.4 is 26.8 Å². The van der Waals surface area contributed by atoms with E-state index in [4.69, 9.17) is 33.1 Å². The topological polar surface area (TPSA) is 158 Å². The van der Waals surface area contributed by atoms with Crippen LogP contribution in [0.15, 0.2) is 47.5 Å². The summed E-state index contributed by atoms with van der Waals surface area (Å²) in [6.45, 7) is 0.0855. The molecule has 6 N–H and O–H groups in total. The number of hydrogen-bond acceptors (Lipinski definition) is 9. The van der Waals surface area contributed by atoms with Crippen LogP contribution in [0.25, 0.3) is 0 Å². The summed E-state index contributed by atoms with van der Waals surface area (Å²) < 4.78 is 20.5. The van der Waals surface area contributed by atoms with Crippen molar-refractivity contribution in [3.05, 3.63) is 75.6 Å². The lowest BCUT2D eigenvalue weighted by Gasteiger charge is -2.26. The normalized spacial score (nSPS) is 14.2. The first kappa shape index (κ1) is 21.7. The minimum atomic E-state index is -0.857. The molecule has 0 saturated carbocycles. The third-order valence-corrected chi connectivity index (χ3v) is 5.34. The van der Waals surface area contributed by atoms with Gasteiger partial charge in [-0.15, -0.1) is 0 Å². The standard InChI is InChI=1S/C22H16ClFN8O/c23-14-4-2-1-3-12(14)9-33-16-6-5-11(7-15(16)24)19-17-18(27)13(8-25)20(28)31-21(17)32-22(30-19)29-10-26/h1-7,19H,9H2,(H6,27,28,29,30,31,32). The van der Waals surface area contributed by atoms with Crippen LogP contribution in [0, 0.1) is 28.6 Å². The number of hydrogen-bond donors (Lipinski definition) is 4. The molecule has 0 fully saturated rings. The van der Waals surface area contributed by atoms with Crippen LogP contribution in [0.5, 0.6) is 5.75 Å². The fourth-order valence-electron chi connectivity index (χ4n) is 3.40. The van der Waals surface area contributed by atoms with Crippen molar-refractivity contribution < 1.29 is 9.13 Å². The SMILES string of the molecule is N#CNC1=NC(c2ccc(OCc3ccccc3Cl)c(F)c2)c2c(nc(N)c(C#N)c2N)N1. The highest BCUT2D eigenvalue weighted by molar-refractivity contribution is 6.31. The number of aliphatic imine (C=N–C) groups is 1. The van der Waals surface area contributed by atoms with Gasteiger partial charge < -0.3 is 21.5 Å². The number of guanidine groups is 1. The van der Waals surface area contributed by atoms with Crippen molar-refractivity contribution in [3.63, 3.8) is 0 Å². The molecule has 33 heavy (non-hydrogen) atoms. The maximum absolute atomic E-state index is 14.9. The number of halogens is 2. The van der Waals surface area contributed by atoms with E-state index >= 15 is 0 Å². The Morgan fingerprint density at radius 3 is 2.70 bits per heavy atom. The molecule has 1 unspecified atom stereocenters. The largest absolute Gasteiger partial charge is 0.486 e. The van der Waals surface area contributed by atoms with Crippen molar-refractivity contribution in [3.8, 4) is 18.0 Å². The molecule has 0 bridgehead atoms. The molecule has 0 amide bonds. The zero-order valence-corrected chi connectivity index (χ0v) is 17.7. The van der Waals surface area contributed by atoms with E-state index in [9.17, 15) is 9.65 Å². The van der Waals surface area contributed by atoms with Gasteiger partial charge in [-0.2, -0.15) is 10.5 Å². The molecule has 0 radical (unpaired) electrons. The molecule has 11 heteroatoms. The molecule has 1 aliphatic heterocycles. The van der Waals surface area contributed by atoms with Crippen molar-refractivity contribution in [1.82, 2.24) is 10.3 Å². The highest BCUT2D eigenvalue weighted by Crippen LogP contribution is 2.41. The van der Waals surface area contributed by atoms with Crippen LogP contribution in [-0.2, 0) is 6.61 Å². The lowest BCUT2D eigenvalue weighted by molar-refractivity contribution is 0.290. The summed E-state index contributed by atoms with van der Waals surface area (Å²) in [5.74, 6) is -0.403. The van der Waals surface area contributed by atoms with Crippen molar-refractivity contribution in [1.29, 1.82) is 10.5 Å². The summed E-state index contributed by atoms with van der Waals surface area (Å²) in [6.07, 6.45) is 1.76. The van der Waals surface area contributed by atoms with Crippen LogP contribution in [0.2, 0.25) is 5.02 Å². The molecule has 2 aromatic carbocycles. The third-order valence-electron chi connectivity index (χ3n) is 4.97. The number of nitrogens with two attached hydrogens (primary N) is 2. The smallest absolute Gasteiger partial charge is 0.211 e. The van der Waals surface area contributed by atoms with Gasteiger partial charge in [-0.3, -0.25) is 5.32 Å². The molecule has 1 atom stereocenters. The number of nitrogen functional groups attached to an aromatic ring is 2. The van der Waals surface area contributed by atoms with Gasteiger partial charge >= 0.3 is 0 Å². The summed E-state index contributed by atoms with van der Waals surface area (Å²) in [5.41, 5.74) is 13.5. The van der Waals surface area contributed by atoms with E-state index in [1.54, 1.807) is 30.5 Å². The monoisotopic (exact) mass is 462 g/mol. The Labute approximate surface area is 193 Å². The molecule has 1 aromatic heterocycles. The molecule has 164 valence electrons.